The van der Waals surface area contributed by atoms with E-state index in [-0.39, 0.29) is 221 Å². The van der Waals surface area contributed by atoms with Gasteiger partial charge in [-0.25, -0.2) is 0 Å². The Balaban J connectivity index is -0.0000000274. The molecule has 1 N–H and O–H groups in total. The molecule has 0 aliphatic heterocycles. The fourth-order valence-corrected chi connectivity index (χ4v) is 5.39. The maximum Gasteiger partial charge on any atom is 2.00 e. The maximum absolute atomic E-state index is 9.83. The molecule has 0 aromatic heterocycles. The molecule has 0 radical (unpaired) electrons. The number of hydrogen-bond acceptors (Lipinski definition) is 2. The number of carbonyl (C=O) groups excluding carboxylic acids is 1. The average molecular weight is 1490 g/mol. The zero-order chi connectivity index (χ0) is 50.4. The second-order valence-corrected chi connectivity index (χ2v) is 20.6. The number of hydrogen-bond donors (Lipinski definition) is 1. The third kappa shape index (κ3) is 140. The fraction of sp³-hybridized carbons (Fsp3) is 0.672. The van der Waals surface area contributed by atoms with E-state index >= 15 is 0 Å². The third-order valence-corrected chi connectivity index (χ3v) is 11.0. The van der Waals surface area contributed by atoms with E-state index in [2.05, 4.69) is 156 Å². The van der Waals surface area contributed by atoms with Gasteiger partial charge in [0.05, 0.1) is 6.10 Å². The second-order valence-electron chi connectivity index (χ2n) is 18.0. The summed E-state index contributed by atoms with van der Waals surface area (Å²) < 4.78 is 3.63. The molecule has 3 aliphatic carbocycles. The summed E-state index contributed by atoms with van der Waals surface area (Å²) in [5.74, 6) is 2.42. The number of aliphatic hydroxyl groups excluding tert-OH is 1. The quantitative estimate of drug-likeness (QED) is 0.0386. The van der Waals surface area contributed by atoms with Gasteiger partial charge >= 0.3 is 130 Å². The first-order valence-corrected chi connectivity index (χ1v) is 27.6. The Bertz CT molecular complexity index is 1150. The molecule has 75 heavy (non-hydrogen) atoms. The van der Waals surface area contributed by atoms with E-state index in [1.54, 1.807) is 21.3 Å². The van der Waals surface area contributed by atoms with Crippen LogP contribution in [0.4, 0.5) is 0 Å². The predicted molar refractivity (Wildman–Crippen MR) is 337 cm³/mol. The molecular weight excluding hydrogens is 1390 g/mol. The molecule has 2 nitrogen and oxygen atoms in total. The monoisotopic (exact) mass is 1490 g/mol. The molecule has 0 bridgehead atoms. The number of rotatable bonds is 13. The van der Waals surface area contributed by atoms with E-state index in [1.165, 1.54) is 83.5 Å². The van der Waals surface area contributed by atoms with Crippen LogP contribution in [-0.2, 0) is 4.79 Å². The molecule has 4 atom stereocenters. The second kappa shape index (κ2) is 111. The Morgan fingerprint density at radius 3 is 1.29 bits per heavy atom. The van der Waals surface area contributed by atoms with Crippen molar-refractivity contribution < 1.29 is 122 Å². The van der Waals surface area contributed by atoms with E-state index in [0.717, 1.165) is 48.6 Å². The van der Waals surface area contributed by atoms with Crippen LogP contribution >= 0.6 is 61.1 Å². The Hall–Kier alpha value is 5.49. The summed E-state index contributed by atoms with van der Waals surface area (Å²) in [7, 11) is 0. The number of carbonyl (C=O) groups is 1. The average Bonchev–Trinajstić information content (AvgIpc) is 4.00. The minimum atomic E-state index is -0.311. The molecule has 3 rings (SSSR count). The fourth-order valence-electron chi connectivity index (χ4n) is 4.41. The molecule has 0 spiro atoms. The molecule has 422 valence electrons. The minimum absolute atomic E-state index is 0. The molecular formula is C58H105BrCl6I2Li2Mg4O2. The molecule has 0 heterocycles. The summed E-state index contributed by atoms with van der Waals surface area (Å²) in [6.07, 6.45) is 46.3. The molecule has 0 fully saturated rings. The van der Waals surface area contributed by atoms with Crippen molar-refractivity contribution in [1.82, 2.24) is 0 Å². The maximum atomic E-state index is 9.83. The summed E-state index contributed by atoms with van der Waals surface area (Å²) in [5, 5.41) is 10.5. The van der Waals surface area contributed by atoms with Crippen molar-refractivity contribution in [3.05, 3.63) is 107 Å². The van der Waals surface area contributed by atoms with Gasteiger partial charge in [0, 0.05) is 10.7 Å². The normalized spacial score (nSPS) is 14.3. The topological polar surface area (TPSA) is 37.3 Å². The van der Waals surface area contributed by atoms with Gasteiger partial charge in [-0.15, -0.1) is 13.2 Å². The van der Waals surface area contributed by atoms with Crippen molar-refractivity contribution in [1.29, 1.82) is 0 Å². The largest absolute Gasteiger partial charge is 2.00 e. The van der Waals surface area contributed by atoms with Crippen LogP contribution in [0.2, 0.25) is 0 Å². The third-order valence-electron chi connectivity index (χ3n) is 8.51. The van der Waals surface area contributed by atoms with Gasteiger partial charge in [0.25, 0.3) is 0 Å². The summed E-state index contributed by atoms with van der Waals surface area (Å²) in [6, 6.07) is 0. The first kappa shape index (κ1) is 135. The van der Waals surface area contributed by atoms with E-state index < -0.39 is 0 Å². The molecule has 3 aliphatic rings. The van der Waals surface area contributed by atoms with E-state index in [0.29, 0.717) is 0 Å². The van der Waals surface area contributed by atoms with Crippen molar-refractivity contribution >= 4 is 160 Å². The van der Waals surface area contributed by atoms with E-state index in [1.807, 2.05) is 94.2 Å². The molecule has 0 saturated heterocycles. The summed E-state index contributed by atoms with van der Waals surface area (Å²) in [6.45, 7) is 45.3. The van der Waals surface area contributed by atoms with Crippen LogP contribution in [0, 0.1) is 54.1 Å². The summed E-state index contributed by atoms with van der Waals surface area (Å²) in [5.41, 5.74) is 1.42. The first-order valence-electron chi connectivity index (χ1n) is 24.1. The van der Waals surface area contributed by atoms with Gasteiger partial charge in [-0.2, -0.15) is 33.6 Å². The van der Waals surface area contributed by atoms with Crippen molar-refractivity contribution in [3.63, 3.8) is 0 Å². The number of alkyl halides is 1. The van der Waals surface area contributed by atoms with Gasteiger partial charge in [-0.3, -0.25) is 12.2 Å². The molecule has 0 saturated carbocycles. The number of allylic oxidation sites excluding steroid dienone is 11. The van der Waals surface area contributed by atoms with Crippen LogP contribution in [0.1, 0.15) is 214 Å². The standard InChI is InChI=1S/C11H22O.C9H14.C6H9I.C6H11I.C6H9.C6H11.C5H10O.C3H5Br.2C3H7.6ClH.2Li.4Mg/c1-5-6-7-8-9-10(12)11(2,3)4;1-3-5-9-7-4-6-8(9)2;1-5-3-2-4-6(5)7;1-2-3-4-5-6-7;1-6-4-2-3-5-6;1-3-5-6-4-2;1-5(2,3)4-6;1-2-3-4;2*1-3-2;;;;;;;;;;;;/h8-10,12H,5-7H2,1-4H3;3,7-8H,1,4-6H2,2H3;4-5H,2-3H2,1H3;5-6H,2-4H2,1H3;2,6H,3,5H2,1H3;1,3H,4-6H2,2H3;4H,1-3H3;2H,1,3H2;2*3H,1-2H3;6*1H;;;;;;/q;;;;2*-1;;;2*-1;;;;;;;2*+1;4*+2/p-6/b9-8+;;;6-5+;;;;;;;;;;;;;;;;;;/t;8-;5-;;6-;;;;;;;;;;;;;;;;;/m.11.0................./s1. The van der Waals surface area contributed by atoms with Gasteiger partial charge < -0.3 is 110 Å². The van der Waals surface area contributed by atoms with Crippen molar-refractivity contribution in [2.75, 3.05) is 5.33 Å². The molecule has 17 heteroatoms. The zero-order valence-electron chi connectivity index (χ0n) is 51.4. The van der Waals surface area contributed by atoms with Gasteiger partial charge in [-0.1, -0.05) is 227 Å². The molecule has 1 unspecified atom stereocenters. The number of halogens is 9. The van der Waals surface area contributed by atoms with Crippen molar-refractivity contribution in [2.45, 2.75) is 220 Å². The Morgan fingerprint density at radius 2 is 1.11 bits per heavy atom. The first-order chi connectivity index (χ1) is 29.7. The predicted octanol–water partition coefficient (Wildman–Crippen LogP) is -4.37. The van der Waals surface area contributed by atoms with E-state index in [4.69, 9.17) is 6.58 Å². The Labute approximate surface area is 632 Å². The SMILES string of the molecule is C=CCBr.C=CCC1=CCC[C@H]1C.CC(C)(C)C=O.CCCC/C=C/C(O)C(C)(C)C.CCCC/C=C/I.C[C@@H]1CCC=C1I.C[C@H]1[C-]=CCC1.C[CH-]C.C[CH-]C.[CH-]=CCCCC.[Cl-].[Cl-].[Cl-].[Cl-].[Cl-].[Cl-].[Li+].[Li+].[Mg+2].[Mg+2].[Mg+2].[Mg+2]. The van der Waals surface area contributed by atoms with Gasteiger partial charge in [0.2, 0.25) is 0 Å². The van der Waals surface area contributed by atoms with Crippen molar-refractivity contribution in [3.8, 4) is 0 Å². The van der Waals surface area contributed by atoms with Crippen LogP contribution < -0.4 is 112 Å². The number of aliphatic hydroxyl groups is 1. The van der Waals surface area contributed by atoms with Crippen LogP contribution in [-0.4, -0.2) is 115 Å². The molecule has 0 aromatic rings. The smallest absolute Gasteiger partial charge is 1.00 e. The van der Waals surface area contributed by atoms with Crippen molar-refractivity contribution in [2.24, 2.45) is 28.6 Å². The van der Waals surface area contributed by atoms with Crippen LogP contribution in [0.25, 0.3) is 0 Å². The van der Waals surface area contributed by atoms with Crippen LogP contribution in [0.5, 0.6) is 0 Å². The minimum Gasteiger partial charge on any atom is -1.00 e. The molecule has 0 aromatic carbocycles. The van der Waals surface area contributed by atoms with E-state index in [9.17, 15) is 9.90 Å². The van der Waals surface area contributed by atoms with Gasteiger partial charge in [0.15, 0.2) is 0 Å². The van der Waals surface area contributed by atoms with Gasteiger partial charge in [0.1, 0.15) is 6.29 Å². The summed E-state index contributed by atoms with van der Waals surface area (Å²) >= 11 is 7.80. The number of unbranched alkanes of at least 4 members (excludes halogenated alkanes) is 6. The van der Waals surface area contributed by atoms with Crippen LogP contribution in [0.15, 0.2) is 81.1 Å². The number of aldehydes is 1. The molecule has 0 amide bonds. The Morgan fingerprint density at radius 1 is 0.733 bits per heavy atom. The summed E-state index contributed by atoms with van der Waals surface area (Å²) in [4.78, 5) is 9.83. The van der Waals surface area contributed by atoms with Gasteiger partial charge in [-0.05, 0) is 92.5 Å². The Kier molecular flexibility index (Phi) is 199. The van der Waals surface area contributed by atoms with Crippen LogP contribution in [0.3, 0.4) is 0 Å². The zero-order valence-corrected chi connectivity index (χ0v) is 67.5.